The summed E-state index contributed by atoms with van der Waals surface area (Å²) in [4.78, 5) is 11.8. The van der Waals surface area contributed by atoms with Crippen molar-refractivity contribution < 1.29 is 9.53 Å². The van der Waals surface area contributed by atoms with Gasteiger partial charge in [-0.05, 0) is 49.4 Å². The van der Waals surface area contributed by atoms with E-state index in [9.17, 15) is 4.79 Å². The third kappa shape index (κ3) is 16.6. The topological polar surface area (TPSA) is 26.3 Å². The maximum Gasteiger partial charge on any atom is 0.330 e. The molecule has 0 spiro atoms. The molecule has 0 fully saturated rings. The largest absolute Gasteiger partial charge is 0.463 e. The first-order valence-corrected chi connectivity index (χ1v) is 10.9. The molecule has 2 nitrogen and oxygen atoms in total. The summed E-state index contributed by atoms with van der Waals surface area (Å²) in [5, 5.41) is 0. The number of carbonyl (C=O) groups is 1. The van der Waals surface area contributed by atoms with Crippen LogP contribution in [0.2, 0.25) is 0 Å². The second-order valence-electron chi connectivity index (χ2n) is 7.84. The van der Waals surface area contributed by atoms with Crippen molar-refractivity contribution in [3.63, 3.8) is 0 Å². The van der Waals surface area contributed by atoms with E-state index < -0.39 is 0 Å². The van der Waals surface area contributed by atoms with Gasteiger partial charge in [0.1, 0.15) is 0 Å². The predicted molar refractivity (Wildman–Crippen MR) is 118 cm³/mol. The Morgan fingerprint density at radius 2 is 1.69 bits per heavy atom. The zero-order chi connectivity index (χ0) is 19.8. The Bertz CT molecular complexity index is 469. The Morgan fingerprint density at radius 1 is 1.04 bits per heavy atom. The SMILES string of the molecule is CCCCCCCCOC(=O)C=CC(C)(C)CC=C(C)CCC=C(C)Br. The fourth-order valence-corrected chi connectivity index (χ4v) is 2.73. The Labute approximate surface area is 170 Å². The molecular formula is C23H39BrO2. The van der Waals surface area contributed by atoms with Gasteiger partial charge in [-0.25, -0.2) is 4.79 Å². The van der Waals surface area contributed by atoms with Gasteiger partial charge in [0.25, 0.3) is 0 Å². The summed E-state index contributed by atoms with van der Waals surface area (Å²) in [5.74, 6) is -0.217. The van der Waals surface area contributed by atoms with Gasteiger partial charge < -0.3 is 4.74 Å². The van der Waals surface area contributed by atoms with Gasteiger partial charge in [-0.2, -0.15) is 0 Å². The molecule has 0 N–H and O–H groups in total. The smallest absolute Gasteiger partial charge is 0.330 e. The summed E-state index contributed by atoms with van der Waals surface area (Å²) in [6, 6.07) is 0. The van der Waals surface area contributed by atoms with Crippen molar-refractivity contribution in [1.29, 1.82) is 0 Å². The van der Waals surface area contributed by atoms with Crippen LogP contribution in [0, 0.1) is 5.41 Å². The molecule has 0 amide bonds. The van der Waals surface area contributed by atoms with Crippen LogP contribution in [0.5, 0.6) is 0 Å². The van der Waals surface area contributed by atoms with Crippen LogP contribution >= 0.6 is 15.9 Å². The summed E-state index contributed by atoms with van der Waals surface area (Å²) >= 11 is 3.45. The van der Waals surface area contributed by atoms with E-state index in [2.05, 4.69) is 62.7 Å². The third-order valence-corrected chi connectivity index (χ3v) is 4.68. The second kappa shape index (κ2) is 15.2. The minimum atomic E-state index is -0.217. The van der Waals surface area contributed by atoms with Crippen LogP contribution in [-0.2, 0) is 9.53 Å². The van der Waals surface area contributed by atoms with E-state index in [1.165, 1.54) is 35.7 Å². The fraction of sp³-hybridized carbons (Fsp3) is 0.696. The Hall–Kier alpha value is -0.830. The summed E-state index contributed by atoms with van der Waals surface area (Å²) in [6.07, 6.45) is 18.3. The van der Waals surface area contributed by atoms with Crippen molar-refractivity contribution in [3.05, 3.63) is 34.4 Å². The van der Waals surface area contributed by atoms with E-state index >= 15 is 0 Å². The summed E-state index contributed by atoms with van der Waals surface area (Å²) in [7, 11) is 0. The van der Waals surface area contributed by atoms with Crippen molar-refractivity contribution in [2.45, 2.75) is 92.4 Å². The zero-order valence-corrected chi connectivity index (χ0v) is 19.2. The molecule has 0 saturated carbocycles. The number of hydrogen-bond acceptors (Lipinski definition) is 2. The highest BCUT2D eigenvalue weighted by molar-refractivity contribution is 9.11. The first kappa shape index (κ1) is 25.2. The molecule has 0 heterocycles. The molecule has 26 heavy (non-hydrogen) atoms. The third-order valence-electron chi connectivity index (χ3n) is 4.35. The molecule has 3 heteroatoms. The lowest BCUT2D eigenvalue weighted by Crippen LogP contribution is -2.09. The molecule has 0 aliphatic carbocycles. The van der Waals surface area contributed by atoms with Crippen LogP contribution < -0.4 is 0 Å². The van der Waals surface area contributed by atoms with Crippen LogP contribution in [0.3, 0.4) is 0 Å². The van der Waals surface area contributed by atoms with Gasteiger partial charge in [-0.3, -0.25) is 0 Å². The lowest BCUT2D eigenvalue weighted by molar-refractivity contribution is -0.137. The second-order valence-corrected chi connectivity index (χ2v) is 9.09. The van der Waals surface area contributed by atoms with Gasteiger partial charge in [0.05, 0.1) is 6.61 Å². The minimum absolute atomic E-state index is 0.0401. The number of allylic oxidation sites excluding steroid dienone is 5. The molecule has 0 aliphatic heterocycles. The normalized spacial score (nSPS) is 13.5. The highest BCUT2D eigenvalue weighted by atomic mass is 79.9. The Kier molecular flexibility index (Phi) is 14.8. The number of rotatable bonds is 14. The Balaban J connectivity index is 4.06. The predicted octanol–water partition coefficient (Wildman–Crippen LogP) is 7.89. The number of esters is 1. The molecule has 0 bridgehead atoms. The van der Waals surface area contributed by atoms with Crippen LogP contribution in [0.25, 0.3) is 0 Å². The van der Waals surface area contributed by atoms with Gasteiger partial charge in [-0.15, -0.1) is 0 Å². The maximum atomic E-state index is 11.8. The molecule has 0 atom stereocenters. The van der Waals surface area contributed by atoms with E-state index in [0.29, 0.717) is 6.61 Å². The quantitative estimate of drug-likeness (QED) is 0.122. The molecule has 0 radical (unpaired) electrons. The van der Waals surface area contributed by atoms with Crippen molar-refractivity contribution in [3.8, 4) is 0 Å². The number of halogens is 1. The van der Waals surface area contributed by atoms with Crippen LogP contribution in [0.15, 0.2) is 34.4 Å². The van der Waals surface area contributed by atoms with Crippen molar-refractivity contribution >= 4 is 21.9 Å². The maximum absolute atomic E-state index is 11.8. The minimum Gasteiger partial charge on any atom is -0.463 e. The van der Waals surface area contributed by atoms with Gasteiger partial charge in [-0.1, -0.05) is 92.6 Å². The van der Waals surface area contributed by atoms with Crippen molar-refractivity contribution in [2.24, 2.45) is 5.41 Å². The van der Waals surface area contributed by atoms with E-state index in [0.717, 1.165) is 32.1 Å². The lowest BCUT2D eigenvalue weighted by Gasteiger charge is -2.18. The number of carbonyl (C=O) groups excluding carboxylic acids is 1. The first-order chi connectivity index (χ1) is 12.3. The molecule has 0 aliphatic rings. The lowest BCUT2D eigenvalue weighted by atomic mass is 9.87. The zero-order valence-electron chi connectivity index (χ0n) is 17.6. The number of unbranched alkanes of at least 4 members (excludes halogenated alkanes) is 5. The van der Waals surface area contributed by atoms with Gasteiger partial charge >= 0.3 is 5.97 Å². The molecule has 150 valence electrons. The van der Waals surface area contributed by atoms with Crippen LogP contribution in [-0.4, -0.2) is 12.6 Å². The fourth-order valence-electron chi connectivity index (χ4n) is 2.50. The van der Waals surface area contributed by atoms with Gasteiger partial charge in [0.15, 0.2) is 0 Å². The number of ether oxygens (including phenoxy) is 1. The molecular weight excluding hydrogens is 388 g/mol. The molecule has 0 aromatic rings. The molecule has 0 saturated heterocycles. The molecule has 0 rings (SSSR count). The Morgan fingerprint density at radius 3 is 2.35 bits per heavy atom. The number of hydrogen-bond donors (Lipinski definition) is 0. The summed E-state index contributed by atoms with van der Waals surface area (Å²) in [5.41, 5.74) is 1.35. The average molecular weight is 427 g/mol. The van der Waals surface area contributed by atoms with Crippen molar-refractivity contribution in [2.75, 3.05) is 6.61 Å². The van der Waals surface area contributed by atoms with E-state index in [4.69, 9.17) is 4.74 Å². The first-order valence-electron chi connectivity index (χ1n) is 10.1. The average Bonchev–Trinajstić information content (AvgIpc) is 2.57. The molecule has 0 aromatic carbocycles. The van der Waals surface area contributed by atoms with E-state index in [1.54, 1.807) is 6.08 Å². The summed E-state index contributed by atoms with van der Waals surface area (Å²) < 4.78 is 6.48. The van der Waals surface area contributed by atoms with E-state index in [1.807, 2.05) is 6.08 Å². The van der Waals surface area contributed by atoms with Gasteiger partial charge in [0.2, 0.25) is 0 Å². The van der Waals surface area contributed by atoms with Crippen LogP contribution in [0.4, 0.5) is 0 Å². The van der Waals surface area contributed by atoms with Gasteiger partial charge in [0, 0.05) is 6.08 Å². The highest BCUT2D eigenvalue weighted by Gasteiger charge is 2.13. The van der Waals surface area contributed by atoms with E-state index in [-0.39, 0.29) is 11.4 Å². The summed E-state index contributed by atoms with van der Waals surface area (Å²) in [6.45, 7) is 11.3. The van der Waals surface area contributed by atoms with Crippen LogP contribution in [0.1, 0.15) is 92.4 Å². The molecule has 0 aromatic heterocycles. The standard InChI is InChI=1S/C23H39BrO2/c1-6-7-8-9-10-11-19-26-22(25)16-18-23(4,5)17-15-20(2)13-12-14-21(3)24/h14-16,18H,6-13,17,19H2,1-5H3. The molecule has 0 unspecified atom stereocenters. The van der Waals surface area contributed by atoms with Crippen molar-refractivity contribution in [1.82, 2.24) is 0 Å². The highest BCUT2D eigenvalue weighted by Crippen LogP contribution is 2.24. The monoisotopic (exact) mass is 426 g/mol.